The highest BCUT2D eigenvalue weighted by atomic mass is 32.2. The predicted molar refractivity (Wildman–Crippen MR) is 122 cm³/mol. The normalized spacial score (nSPS) is 14.6. The molecule has 1 amide bonds. The van der Waals surface area contributed by atoms with Gasteiger partial charge in [0.05, 0.1) is 13.2 Å². The fourth-order valence-corrected chi connectivity index (χ4v) is 4.52. The van der Waals surface area contributed by atoms with Crippen LogP contribution in [-0.2, 0) is 24.0 Å². The maximum absolute atomic E-state index is 12.7. The van der Waals surface area contributed by atoms with Crippen molar-refractivity contribution < 1.29 is 9.53 Å². The van der Waals surface area contributed by atoms with Gasteiger partial charge in [0, 0.05) is 18.7 Å². The molecule has 1 N–H and O–H groups in total. The van der Waals surface area contributed by atoms with Gasteiger partial charge in [0.25, 0.3) is 0 Å². The molecule has 0 aliphatic heterocycles. The van der Waals surface area contributed by atoms with Gasteiger partial charge in [-0.05, 0) is 42.5 Å². The van der Waals surface area contributed by atoms with Crippen LogP contribution >= 0.6 is 11.8 Å². The van der Waals surface area contributed by atoms with Crippen LogP contribution in [-0.4, -0.2) is 27.8 Å². The molecule has 1 aliphatic rings. The highest BCUT2D eigenvalue weighted by Gasteiger charge is 2.29. The lowest BCUT2D eigenvalue weighted by Crippen LogP contribution is -2.38. The fraction of sp³-hybridized carbons (Fsp3) is 0.375. The Morgan fingerprint density at radius 3 is 2.52 bits per heavy atom. The molecule has 1 heterocycles. The maximum Gasteiger partial charge on any atom is 0.223 e. The van der Waals surface area contributed by atoms with E-state index >= 15 is 0 Å². The Labute approximate surface area is 187 Å². The molecule has 1 saturated carbocycles. The lowest BCUT2D eigenvalue weighted by atomic mass is 9.84. The van der Waals surface area contributed by atoms with E-state index < -0.39 is 0 Å². The van der Waals surface area contributed by atoms with Crippen molar-refractivity contribution in [2.45, 2.75) is 42.6 Å². The Morgan fingerprint density at radius 2 is 1.87 bits per heavy atom. The molecular formula is C24H28N4O2S. The van der Waals surface area contributed by atoms with E-state index in [4.69, 9.17) is 4.74 Å². The molecule has 0 radical (unpaired) electrons. The van der Waals surface area contributed by atoms with E-state index in [9.17, 15) is 4.79 Å². The van der Waals surface area contributed by atoms with Gasteiger partial charge in [-0.3, -0.25) is 4.79 Å². The zero-order chi connectivity index (χ0) is 21.6. The van der Waals surface area contributed by atoms with E-state index in [0.29, 0.717) is 6.42 Å². The van der Waals surface area contributed by atoms with Crippen molar-refractivity contribution in [3.05, 3.63) is 71.5 Å². The molecule has 1 fully saturated rings. The molecule has 1 aliphatic carbocycles. The third kappa shape index (κ3) is 5.28. The van der Waals surface area contributed by atoms with Gasteiger partial charge in [0.2, 0.25) is 5.91 Å². The van der Waals surface area contributed by atoms with Gasteiger partial charge < -0.3 is 14.6 Å². The number of aromatic nitrogens is 3. The first-order chi connectivity index (χ1) is 15.1. The van der Waals surface area contributed by atoms with Gasteiger partial charge in [0.15, 0.2) is 11.0 Å². The average molecular weight is 437 g/mol. The van der Waals surface area contributed by atoms with Gasteiger partial charge in [-0.1, -0.05) is 60.6 Å². The van der Waals surface area contributed by atoms with E-state index in [1.165, 1.54) is 5.56 Å². The molecule has 2 aromatic carbocycles. The van der Waals surface area contributed by atoms with Crippen LogP contribution in [0.15, 0.2) is 59.8 Å². The molecular weight excluding hydrogens is 408 g/mol. The van der Waals surface area contributed by atoms with Gasteiger partial charge in [-0.2, -0.15) is 0 Å². The zero-order valence-electron chi connectivity index (χ0n) is 18.0. The topological polar surface area (TPSA) is 69.0 Å². The molecule has 31 heavy (non-hydrogen) atoms. The zero-order valence-corrected chi connectivity index (χ0v) is 18.8. The number of hydrogen-bond donors (Lipinski definition) is 1. The number of benzene rings is 2. The number of rotatable bonds is 9. The lowest BCUT2D eigenvalue weighted by molar-refractivity contribution is -0.128. The lowest BCUT2D eigenvalue weighted by Gasteiger charge is -2.27. The molecule has 0 saturated heterocycles. The highest BCUT2D eigenvalue weighted by molar-refractivity contribution is 7.98. The van der Waals surface area contributed by atoms with Crippen LogP contribution in [0.2, 0.25) is 0 Å². The molecule has 0 spiro atoms. The van der Waals surface area contributed by atoms with Crippen LogP contribution in [0.25, 0.3) is 0 Å². The minimum Gasteiger partial charge on any atom is -0.497 e. The summed E-state index contributed by atoms with van der Waals surface area (Å²) in [6.07, 6.45) is 3.78. The summed E-state index contributed by atoms with van der Waals surface area (Å²) in [5, 5.41) is 13.0. The van der Waals surface area contributed by atoms with Gasteiger partial charge in [-0.15, -0.1) is 10.2 Å². The number of carbonyl (C=O) groups excluding carboxylic acids is 1. The average Bonchev–Trinajstić information content (AvgIpc) is 3.12. The smallest absolute Gasteiger partial charge is 0.223 e. The molecule has 7 heteroatoms. The third-order valence-corrected chi connectivity index (χ3v) is 6.87. The van der Waals surface area contributed by atoms with Crippen LogP contribution in [0.3, 0.4) is 0 Å². The Kier molecular flexibility index (Phi) is 6.92. The summed E-state index contributed by atoms with van der Waals surface area (Å²) in [6, 6.07) is 18.0. The first-order valence-electron chi connectivity index (χ1n) is 10.6. The van der Waals surface area contributed by atoms with E-state index in [-0.39, 0.29) is 17.9 Å². The van der Waals surface area contributed by atoms with Crippen LogP contribution in [0, 0.1) is 5.92 Å². The minimum absolute atomic E-state index is 0.127. The standard InChI is InChI=1S/C24H28N4O2S/c1-28-22(26-27-24(28)31-16-18-11-13-20(30-2)14-12-18)21(15-17-7-4-3-5-8-17)25-23(29)19-9-6-10-19/h3-5,7-8,11-14,19,21H,6,9-10,15-16H2,1-2H3,(H,25,29)/t21-/m0/s1. The van der Waals surface area contributed by atoms with Crippen molar-refractivity contribution >= 4 is 17.7 Å². The number of hydrogen-bond acceptors (Lipinski definition) is 5. The summed E-state index contributed by atoms with van der Waals surface area (Å²) in [6.45, 7) is 0. The molecule has 1 aromatic heterocycles. The summed E-state index contributed by atoms with van der Waals surface area (Å²) in [7, 11) is 3.64. The van der Waals surface area contributed by atoms with Crippen LogP contribution in [0.4, 0.5) is 0 Å². The summed E-state index contributed by atoms with van der Waals surface area (Å²) >= 11 is 1.63. The predicted octanol–water partition coefficient (Wildman–Crippen LogP) is 4.32. The van der Waals surface area contributed by atoms with Crippen molar-refractivity contribution in [2.75, 3.05) is 7.11 Å². The van der Waals surface area contributed by atoms with Crippen LogP contribution < -0.4 is 10.1 Å². The van der Waals surface area contributed by atoms with E-state index in [2.05, 4.69) is 39.8 Å². The second-order valence-electron chi connectivity index (χ2n) is 7.92. The minimum atomic E-state index is -0.205. The SMILES string of the molecule is COc1ccc(CSc2nnc([C@H](Cc3ccccc3)NC(=O)C3CCC3)n2C)cc1. The Balaban J connectivity index is 1.48. The van der Waals surface area contributed by atoms with Crippen molar-refractivity contribution in [3.8, 4) is 5.75 Å². The summed E-state index contributed by atoms with van der Waals surface area (Å²) in [4.78, 5) is 12.7. The molecule has 3 aromatic rings. The quantitative estimate of drug-likeness (QED) is 0.506. The van der Waals surface area contributed by atoms with Crippen LogP contribution in [0.1, 0.15) is 42.3 Å². The number of ether oxygens (including phenoxy) is 1. The molecule has 0 bridgehead atoms. The first kappa shape index (κ1) is 21.4. The number of thioether (sulfide) groups is 1. The molecule has 162 valence electrons. The molecule has 1 atom stereocenters. The van der Waals surface area contributed by atoms with Crippen molar-refractivity contribution in [3.63, 3.8) is 0 Å². The Morgan fingerprint density at radius 1 is 1.13 bits per heavy atom. The van der Waals surface area contributed by atoms with Gasteiger partial charge >= 0.3 is 0 Å². The highest BCUT2D eigenvalue weighted by Crippen LogP contribution is 2.29. The van der Waals surface area contributed by atoms with Crippen LogP contribution in [0.5, 0.6) is 5.75 Å². The van der Waals surface area contributed by atoms with Gasteiger partial charge in [-0.25, -0.2) is 0 Å². The van der Waals surface area contributed by atoms with Crippen molar-refractivity contribution in [2.24, 2.45) is 13.0 Å². The second kappa shape index (κ2) is 10.0. The molecule has 0 unspecified atom stereocenters. The molecule has 6 nitrogen and oxygen atoms in total. The number of methoxy groups -OCH3 is 1. The fourth-order valence-electron chi connectivity index (χ4n) is 3.64. The van der Waals surface area contributed by atoms with Crippen molar-refractivity contribution in [1.82, 2.24) is 20.1 Å². The maximum atomic E-state index is 12.7. The Hall–Kier alpha value is -2.80. The van der Waals surface area contributed by atoms with E-state index in [1.54, 1.807) is 18.9 Å². The number of carbonyl (C=O) groups is 1. The van der Waals surface area contributed by atoms with Crippen molar-refractivity contribution in [1.29, 1.82) is 0 Å². The summed E-state index contributed by atoms with van der Waals surface area (Å²) < 4.78 is 7.23. The Bertz CT molecular complexity index is 1000. The first-order valence-corrected chi connectivity index (χ1v) is 11.6. The summed E-state index contributed by atoms with van der Waals surface area (Å²) in [5.41, 5.74) is 2.35. The third-order valence-electron chi connectivity index (χ3n) is 5.78. The van der Waals surface area contributed by atoms with E-state index in [1.807, 2.05) is 41.9 Å². The van der Waals surface area contributed by atoms with E-state index in [0.717, 1.165) is 47.3 Å². The number of nitrogens with zero attached hydrogens (tertiary/aromatic N) is 3. The largest absolute Gasteiger partial charge is 0.497 e. The molecule has 4 rings (SSSR count). The number of amides is 1. The summed E-state index contributed by atoms with van der Waals surface area (Å²) in [5.74, 6) is 2.68. The number of nitrogens with one attached hydrogen (secondary N) is 1. The second-order valence-corrected chi connectivity index (χ2v) is 8.86. The van der Waals surface area contributed by atoms with Gasteiger partial charge in [0.1, 0.15) is 5.75 Å². The monoisotopic (exact) mass is 436 g/mol.